The number of carbonyl (C=O) groups is 1. The largest absolute Gasteiger partial charge is 0.463 e. The van der Waals surface area contributed by atoms with E-state index < -0.39 is 12.1 Å². The molecule has 0 aromatic rings. The van der Waals surface area contributed by atoms with Crippen molar-refractivity contribution in [1.29, 1.82) is 0 Å². The number of fused-ring (bicyclic) bond motifs is 2. The van der Waals surface area contributed by atoms with Gasteiger partial charge in [-0.15, -0.1) is 0 Å². The Balaban J connectivity index is 2.16. The van der Waals surface area contributed by atoms with Gasteiger partial charge in [0.25, 0.3) is 0 Å². The van der Waals surface area contributed by atoms with Crippen molar-refractivity contribution in [2.75, 3.05) is 6.61 Å². The maximum absolute atomic E-state index is 13.8. The summed E-state index contributed by atoms with van der Waals surface area (Å²) in [5.41, 5.74) is 0.812. The van der Waals surface area contributed by atoms with Gasteiger partial charge in [0.05, 0.1) is 6.61 Å². The first kappa shape index (κ1) is 11.6. The van der Waals surface area contributed by atoms with E-state index in [0.29, 0.717) is 24.5 Å². The predicted octanol–water partition coefficient (Wildman–Crippen LogP) is 2.88. The normalized spacial score (nSPS) is 38.0. The number of ether oxygens (including phenoxy) is 1. The van der Waals surface area contributed by atoms with E-state index in [1.165, 1.54) is 6.08 Å². The Morgan fingerprint density at radius 3 is 2.81 bits per heavy atom. The van der Waals surface area contributed by atoms with Gasteiger partial charge in [0.1, 0.15) is 6.17 Å². The van der Waals surface area contributed by atoms with Crippen LogP contribution in [0.15, 0.2) is 11.6 Å². The zero-order chi connectivity index (χ0) is 11.9. The molecular formula is C13H19FO2. The van der Waals surface area contributed by atoms with Crippen LogP contribution < -0.4 is 0 Å². The molecule has 0 aromatic heterocycles. The monoisotopic (exact) mass is 226 g/mol. The summed E-state index contributed by atoms with van der Waals surface area (Å²) in [5, 5.41) is 0. The first-order chi connectivity index (χ1) is 7.46. The standard InChI is InChI=1S/C13H19FO2/c1-4-16-12(15)7-9-10-5-8(6-11(9)14)13(10,2)3/h7-8,10-11H,4-6H2,1-3H3. The molecule has 3 unspecified atom stereocenters. The molecule has 0 heterocycles. The highest BCUT2D eigenvalue weighted by Crippen LogP contribution is 2.61. The van der Waals surface area contributed by atoms with Crippen LogP contribution in [0.3, 0.4) is 0 Å². The van der Waals surface area contributed by atoms with Crippen molar-refractivity contribution in [3.63, 3.8) is 0 Å². The van der Waals surface area contributed by atoms with Crippen LogP contribution in [0, 0.1) is 17.3 Å². The molecule has 2 nitrogen and oxygen atoms in total. The molecule has 0 saturated heterocycles. The molecule has 3 rings (SSSR count). The average molecular weight is 226 g/mol. The zero-order valence-corrected chi connectivity index (χ0v) is 10.1. The molecule has 0 aliphatic heterocycles. The predicted molar refractivity (Wildman–Crippen MR) is 59.6 cm³/mol. The highest BCUT2D eigenvalue weighted by molar-refractivity contribution is 5.83. The summed E-state index contributed by atoms with van der Waals surface area (Å²) in [5.74, 6) is 0.304. The van der Waals surface area contributed by atoms with Crippen LogP contribution >= 0.6 is 0 Å². The second kappa shape index (κ2) is 3.86. The molecule has 0 amide bonds. The first-order valence-electron chi connectivity index (χ1n) is 5.99. The zero-order valence-electron chi connectivity index (χ0n) is 10.1. The second-order valence-electron chi connectivity index (χ2n) is 5.41. The highest BCUT2D eigenvalue weighted by Gasteiger charge is 2.55. The Kier molecular flexibility index (Phi) is 2.81. The lowest BCUT2D eigenvalue weighted by atomic mass is 9.47. The van der Waals surface area contributed by atoms with Gasteiger partial charge in [-0.25, -0.2) is 9.18 Å². The molecule has 0 aromatic carbocycles. The fraction of sp³-hybridized carbons (Fsp3) is 0.769. The van der Waals surface area contributed by atoms with Gasteiger partial charge in [-0.3, -0.25) is 0 Å². The fourth-order valence-electron chi connectivity index (χ4n) is 3.10. The van der Waals surface area contributed by atoms with Gasteiger partial charge in [-0.2, -0.15) is 0 Å². The van der Waals surface area contributed by atoms with Gasteiger partial charge in [0.15, 0.2) is 0 Å². The van der Waals surface area contributed by atoms with Crippen LogP contribution in [0.1, 0.15) is 33.6 Å². The molecular weight excluding hydrogens is 207 g/mol. The number of hydrogen-bond donors (Lipinski definition) is 0. The van der Waals surface area contributed by atoms with Crippen molar-refractivity contribution in [2.45, 2.75) is 39.8 Å². The lowest BCUT2D eigenvalue weighted by Gasteiger charge is -2.58. The van der Waals surface area contributed by atoms with Crippen molar-refractivity contribution < 1.29 is 13.9 Å². The molecule has 16 heavy (non-hydrogen) atoms. The van der Waals surface area contributed by atoms with E-state index in [0.717, 1.165) is 6.42 Å². The number of hydrogen-bond acceptors (Lipinski definition) is 2. The number of esters is 1. The van der Waals surface area contributed by atoms with Crippen LogP contribution in [0.25, 0.3) is 0 Å². The minimum absolute atomic E-state index is 0.154. The highest BCUT2D eigenvalue weighted by atomic mass is 19.1. The van der Waals surface area contributed by atoms with Gasteiger partial charge in [0.2, 0.25) is 0 Å². The summed E-state index contributed by atoms with van der Waals surface area (Å²) in [4.78, 5) is 11.4. The molecule has 3 heteroatoms. The lowest BCUT2D eigenvalue weighted by molar-refractivity contribution is -0.137. The lowest BCUT2D eigenvalue weighted by Crippen LogP contribution is -2.52. The summed E-state index contributed by atoms with van der Waals surface area (Å²) in [6, 6.07) is 0. The number of allylic oxidation sites excluding steroid dienone is 1. The van der Waals surface area contributed by atoms with E-state index in [-0.39, 0.29) is 11.3 Å². The number of rotatable bonds is 2. The third-order valence-electron chi connectivity index (χ3n) is 4.30. The second-order valence-corrected chi connectivity index (χ2v) is 5.41. The van der Waals surface area contributed by atoms with Crippen LogP contribution in [-0.4, -0.2) is 18.7 Å². The van der Waals surface area contributed by atoms with Gasteiger partial charge in [-0.05, 0) is 42.6 Å². The maximum Gasteiger partial charge on any atom is 0.330 e. The smallest absolute Gasteiger partial charge is 0.330 e. The van der Waals surface area contributed by atoms with E-state index >= 15 is 0 Å². The Morgan fingerprint density at radius 1 is 1.56 bits per heavy atom. The molecule has 3 aliphatic rings. The Hall–Kier alpha value is -0.860. The van der Waals surface area contributed by atoms with Gasteiger partial charge in [-0.1, -0.05) is 13.8 Å². The van der Waals surface area contributed by atoms with E-state index in [1.54, 1.807) is 6.92 Å². The number of carbonyl (C=O) groups excluding carboxylic acids is 1. The van der Waals surface area contributed by atoms with Crippen LogP contribution in [-0.2, 0) is 9.53 Å². The Morgan fingerprint density at radius 2 is 2.25 bits per heavy atom. The molecule has 0 spiro atoms. The van der Waals surface area contributed by atoms with E-state index in [2.05, 4.69) is 13.8 Å². The van der Waals surface area contributed by atoms with Crippen molar-refractivity contribution in [1.82, 2.24) is 0 Å². The maximum atomic E-state index is 13.8. The minimum Gasteiger partial charge on any atom is -0.463 e. The average Bonchev–Trinajstić information content (AvgIpc) is 2.20. The van der Waals surface area contributed by atoms with Crippen LogP contribution in [0.4, 0.5) is 4.39 Å². The molecule has 90 valence electrons. The molecule has 3 saturated carbocycles. The summed E-state index contributed by atoms with van der Waals surface area (Å²) in [6.07, 6.45) is 2.03. The number of alkyl halides is 1. The minimum atomic E-state index is -0.943. The van der Waals surface area contributed by atoms with Crippen molar-refractivity contribution in [3.05, 3.63) is 11.6 Å². The third-order valence-corrected chi connectivity index (χ3v) is 4.30. The van der Waals surface area contributed by atoms with Gasteiger partial charge in [0, 0.05) is 6.08 Å². The Labute approximate surface area is 95.9 Å². The first-order valence-corrected chi connectivity index (χ1v) is 5.99. The van der Waals surface area contributed by atoms with Crippen LogP contribution in [0.2, 0.25) is 0 Å². The molecule has 3 aliphatic carbocycles. The molecule has 3 fully saturated rings. The molecule has 3 atom stereocenters. The third kappa shape index (κ3) is 1.66. The summed E-state index contributed by atoms with van der Waals surface area (Å²) in [7, 11) is 0. The molecule has 2 bridgehead atoms. The Bertz CT molecular complexity index is 333. The topological polar surface area (TPSA) is 26.3 Å². The van der Waals surface area contributed by atoms with Crippen LogP contribution in [0.5, 0.6) is 0 Å². The van der Waals surface area contributed by atoms with E-state index in [1.807, 2.05) is 0 Å². The van der Waals surface area contributed by atoms with Gasteiger partial charge >= 0.3 is 5.97 Å². The van der Waals surface area contributed by atoms with Crippen molar-refractivity contribution in [2.24, 2.45) is 17.3 Å². The fourth-order valence-corrected chi connectivity index (χ4v) is 3.10. The summed E-state index contributed by atoms with van der Waals surface area (Å²) < 4.78 is 18.6. The summed E-state index contributed by atoms with van der Waals surface area (Å²) in [6.45, 7) is 6.43. The molecule has 0 N–H and O–H groups in total. The SMILES string of the molecule is CCOC(=O)C=C1C(F)CC2CC1C2(C)C. The van der Waals surface area contributed by atoms with Crippen molar-refractivity contribution in [3.8, 4) is 0 Å². The van der Waals surface area contributed by atoms with E-state index in [4.69, 9.17) is 4.74 Å². The van der Waals surface area contributed by atoms with E-state index in [9.17, 15) is 9.18 Å². The van der Waals surface area contributed by atoms with Crippen molar-refractivity contribution >= 4 is 5.97 Å². The number of halogens is 1. The summed E-state index contributed by atoms with van der Waals surface area (Å²) >= 11 is 0. The quantitative estimate of drug-likeness (QED) is 0.534. The van der Waals surface area contributed by atoms with Gasteiger partial charge < -0.3 is 4.74 Å². The molecule has 0 radical (unpaired) electrons.